The molecule has 1 aliphatic rings. The van der Waals surface area contributed by atoms with Gasteiger partial charge in [-0.25, -0.2) is 4.39 Å². The summed E-state index contributed by atoms with van der Waals surface area (Å²) in [5, 5.41) is 17.5. The fourth-order valence-electron chi connectivity index (χ4n) is 4.05. The molecule has 0 aliphatic carbocycles. The van der Waals surface area contributed by atoms with Gasteiger partial charge < -0.3 is 16.0 Å². The Balaban J connectivity index is 1.77. The van der Waals surface area contributed by atoms with Gasteiger partial charge in [0.05, 0.1) is 12.1 Å². The molecule has 3 rings (SSSR count). The van der Waals surface area contributed by atoms with E-state index in [2.05, 4.69) is 22.0 Å². The molecule has 0 bridgehead atoms. The standard InChI is InChI=1S/C27H29FN4O3S/c1-36-24(17-29)22(16-20-13-14-30-26(20)34)32-27(35)23(15-19-7-10-21(28)11-8-19)31-25(33)12-9-18-5-3-2-4-6-18/h2-12,20,22-24H,13-16H2,1H3,(H,30,34)(H,31,33)(H,32,35)/b12-9+/t20-,22-,23-,24-/m0/s1. The number of nitrogens with one attached hydrogen (secondary N) is 3. The zero-order valence-electron chi connectivity index (χ0n) is 19.9. The van der Waals surface area contributed by atoms with Gasteiger partial charge in [-0.05, 0) is 48.4 Å². The van der Waals surface area contributed by atoms with Crippen LogP contribution in [0.3, 0.4) is 0 Å². The topological polar surface area (TPSA) is 111 Å². The van der Waals surface area contributed by atoms with Crippen LogP contribution in [0.2, 0.25) is 0 Å². The smallest absolute Gasteiger partial charge is 0.244 e. The number of hydrogen-bond donors (Lipinski definition) is 3. The maximum atomic E-state index is 13.4. The highest BCUT2D eigenvalue weighted by Gasteiger charge is 2.33. The number of rotatable bonds is 11. The van der Waals surface area contributed by atoms with Gasteiger partial charge in [0, 0.05) is 25.0 Å². The molecule has 2 aromatic rings. The third-order valence-corrected chi connectivity index (χ3v) is 6.93. The summed E-state index contributed by atoms with van der Waals surface area (Å²) in [4.78, 5) is 38.2. The zero-order valence-corrected chi connectivity index (χ0v) is 20.8. The molecule has 0 spiro atoms. The first-order valence-electron chi connectivity index (χ1n) is 11.7. The van der Waals surface area contributed by atoms with Crippen LogP contribution in [0, 0.1) is 23.1 Å². The number of carbonyl (C=O) groups excluding carboxylic acids is 3. The van der Waals surface area contributed by atoms with Crippen molar-refractivity contribution in [3.63, 3.8) is 0 Å². The van der Waals surface area contributed by atoms with Gasteiger partial charge in [-0.2, -0.15) is 5.26 Å². The summed E-state index contributed by atoms with van der Waals surface area (Å²) in [6, 6.07) is 15.6. The Kier molecular flexibility index (Phi) is 10.1. The normalized spacial score (nSPS) is 17.6. The van der Waals surface area contributed by atoms with E-state index in [0.717, 1.165) is 5.56 Å². The highest BCUT2D eigenvalue weighted by atomic mass is 32.2. The number of carbonyl (C=O) groups is 3. The van der Waals surface area contributed by atoms with Crippen LogP contribution in [0.1, 0.15) is 24.0 Å². The van der Waals surface area contributed by atoms with E-state index in [1.165, 1.54) is 30.0 Å². The SMILES string of the molecule is CS[C@@H](C#N)[C@H](C[C@@H]1CCNC1=O)NC(=O)[C@H](Cc1ccc(F)cc1)NC(=O)/C=C/c1ccccc1. The van der Waals surface area contributed by atoms with Crippen LogP contribution in [0.25, 0.3) is 6.08 Å². The second-order valence-corrected chi connectivity index (χ2v) is 9.53. The van der Waals surface area contributed by atoms with E-state index >= 15 is 0 Å². The van der Waals surface area contributed by atoms with Gasteiger partial charge >= 0.3 is 0 Å². The second-order valence-electron chi connectivity index (χ2n) is 8.55. The molecule has 36 heavy (non-hydrogen) atoms. The fraction of sp³-hybridized carbons (Fsp3) is 0.333. The first-order chi connectivity index (χ1) is 17.4. The molecule has 1 fully saturated rings. The maximum absolute atomic E-state index is 13.4. The summed E-state index contributed by atoms with van der Waals surface area (Å²) >= 11 is 1.29. The molecular weight excluding hydrogens is 479 g/mol. The van der Waals surface area contributed by atoms with Crippen molar-refractivity contribution in [2.45, 2.75) is 36.6 Å². The van der Waals surface area contributed by atoms with E-state index in [-0.39, 0.29) is 18.2 Å². The minimum atomic E-state index is -0.968. The van der Waals surface area contributed by atoms with Crippen molar-refractivity contribution in [2.24, 2.45) is 5.92 Å². The molecule has 2 aromatic carbocycles. The molecule has 3 N–H and O–H groups in total. The lowest BCUT2D eigenvalue weighted by Crippen LogP contribution is -2.53. The molecule has 0 radical (unpaired) electrons. The van der Waals surface area contributed by atoms with Gasteiger partial charge in [-0.15, -0.1) is 11.8 Å². The quantitative estimate of drug-likeness (QED) is 0.404. The van der Waals surface area contributed by atoms with Gasteiger partial charge in [0.25, 0.3) is 0 Å². The Morgan fingerprint density at radius 1 is 1.19 bits per heavy atom. The van der Waals surface area contributed by atoms with Gasteiger partial charge in [-0.1, -0.05) is 42.5 Å². The number of nitrogens with zero attached hydrogens (tertiary/aromatic N) is 1. The number of halogens is 1. The molecule has 7 nitrogen and oxygen atoms in total. The van der Waals surface area contributed by atoms with Gasteiger partial charge in [0.2, 0.25) is 17.7 Å². The molecule has 0 aromatic heterocycles. The summed E-state index contributed by atoms with van der Waals surface area (Å²) in [5.74, 6) is -1.72. The van der Waals surface area contributed by atoms with Gasteiger partial charge in [-0.3, -0.25) is 14.4 Å². The Morgan fingerprint density at radius 2 is 1.92 bits per heavy atom. The van der Waals surface area contributed by atoms with Crippen molar-refractivity contribution < 1.29 is 18.8 Å². The zero-order chi connectivity index (χ0) is 25.9. The predicted molar refractivity (Wildman–Crippen MR) is 138 cm³/mol. The lowest BCUT2D eigenvalue weighted by atomic mass is 9.95. The summed E-state index contributed by atoms with van der Waals surface area (Å²) in [6.45, 7) is 0.567. The van der Waals surface area contributed by atoms with Crippen LogP contribution in [-0.2, 0) is 20.8 Å². The van der Waals surface area contributed by atoms with Gasteiger partial charge in [0.15, 0.2) is 0 Å². The lowest BCUT2D eigenvalue weighted by molar-refractivity contribution is -0.128. The average molecular weight is 509 g/mol. The second kappa shape index (κ2) is 13.4. The minimum Gasteiger partial charge on any atom is -0.356 e. The highest BCUT2D eigenvalue weighted by molar-refractivity contribution is 7.99. The molecule has 1 heterocycles. The predicted octanol–water partition coefficient (Wildman–Crippen LogP) is 2.83. The van der Waals surface area contributed by atoms with Crippen LogP contribution < -0.4 is 16.0 Å². The average Bonchev–Trinajstić information content (AvgIpc) is 3.29. The fourth-order valence-corrected chi connectivity index (χ4v) is 4.66. The van der Waals surface area contributed by atoms with Crippen molar-refractivity contribution in [3.8, 4) is 6.07 Å². The number of amides is 3. The van der Waals surface area contributed by atoms with Crippen LogP contribution in [0.4, 0.5) is 4.39 Å². The molecule has 0 unspecified atom stereocenters. The van der Waals surface area contributed by atoms with Crippen LogP contribution in [-0.4, -0.2) is 47.9 Å². The summed E-state index contributed by atoms with van der Waals surface area (Å²) in [5.41, 5.74) is 1.50. The van der Waals surface area contributed by atoms with Gasteiger partial charge in [0.1, 0.15) is 17.1 Å². The van der Waals surface area contributed by atoms with Crippen LogP contribution in [0.5, 0.6) is 0 Å². The molecule has 1 saturated heterocycles. The van der Waals surface area contributed by atoms with Crippen molar-refractivity contribution in [2.75, 3.05) is 12.8 Å². The van der Waals surface area contributed by atoms with E-state index in [1.54, 1.807) is 24.5 Å². The van der Waals surface area contributed by atoms with E-state index in [9.17, 15) is 24.0 Å². The third kappa shape index (κ3) is 7.95. The number of benzene rings is 2. The van der Waals surface area contributed by atoms with Crippen LogP contribution in [0.15, 0.2) is 60.7 Å². The van der Waals surface area contributed by atoms with Crippen molar-refractivity contribution in [1.29, 1.82) is 5.26 Å². The first kappa shape index (κ1) is 27.0. The number of hydrogen-bond acceptors (Lipinski definition) is 5. The molecule has 9 heteroatoms. The largest absolute Gasteiger partial charge is 0.356 e. The summed E-state index contributed by atoms with van der Waals surface area (Å²) in [7, 11) is 0. The van der Waals surface area contributed by atoms with E-state index in [4.69, 9.17) is 0 Å². The van der Waals surface area contributed by atoms with Crippen molar-refractivity contribution in [1.82, 2.24) is 16.0 Å². The Bertz CT molecular complexity index is 1120. The van der Waals surface area contributed by atoms with Crippen molar-refractivity contribution >= 4 is 35.6 Å². The molecule has 1 aliphatic heterocycles. The highest BCUT2D eigenvalue weighted by Crippen LogP contribution is 2.22. The van der Waals surface area contributed by atoms with E-state index in [1.807, 2.05) is 30.3 Å². The first-order valence-corrected chi connectivity index (χ1v) is 13.0. The monoisotopic (exact) mass is 508 g/mol. The lowest BCUT2D eigenvalue weighted by Gasteiger charge is -2.27. The number of thioether (sulfide) groups is 1. The molecular formula is C27H29FN4O3S. The third-order valence-electron chi connectivity index (χ3n) is 5.99. The van der Waals surface area contributed by atoms with E-state index in [0.29, 0.717) is 24.9 Å². The maximum Gasteiger partial charge on any atom is 0.244 e. The number of nitriles is 1. The Morgan fingerprint density at radius 3 is 2.53 bits per heavy atom. The molecule has 0 saturated carbocycles. The summed E-state index contributed by atoms with van der Waals surface area (Å²) < 4.78 is 13.4. The Labute approximate surface area is 214 Å². The molecule has 188 valence electrons. The summed E-state index contributed by atoms with van der Waals surface area (Å²) in [6.07, 6.45) is 5.85. The van der Waals surface area contributed by atoms with E-state index < -0.39 is 35.0 Å². The minimum absolute atomic E-state index is 0.0887. The van der Waals surface area contributed by atoms with Crippen LogP contribution >= 0.6 is 11.8 Å². The van der Waals surface area contributed by atoms with Crippen molar-refractivity contribution in [3.05, 3.63) is 77.6 Å². The molecule has 3 amide bonds. The molecule has 4 atom stereocenters. The Hall–Kier alpha value is -3.64.